The molecule has 2 aromatic heterocycles. The second kappa shape index (κ2) is 8.93. The molecule has 0 radical (unpaired) electrons. The van der Waals surface area contributed by atoms with Crippen molar-refractivity contribution >= 4 is 45.2 Å². The number of hydrogen-bond donors (Lipinski definition) is 1. The van der Waals surface area contributed by atoms with Gasteiger partial charge < -0.3 is 18.8 Å². The van der Waals surface area contributed by atoms with Crippen molar-refractivity contribution in [2.24, 2.45) is 0 Å². The topological polar surface area (TPSA) is 81.7 Å². The summed E-state index contributed by atoms with van der Waals surface area (Å²) in [6.07, 6.45) is 0. The molecule has 3 aromatic carbocycles. The molecule has 0 bridgehead atoms. The Morgan fingerprint density at radius 1 is 1.03 bits per heavy atom. The summed E-state index contributed by atoms with van der Waals surface area (Å²) in [5.41, 5.74) is 0.285. The van der Waals surface area contributed by atoms with Crippen LogP contribution in [0.4, 0.5) is 0 Å². The lowest BCUT2D eigenvalue weighted by molar-refractivity contribution is 0.414. The van der Waals surface area contributed by atoms with Crippen molar-refractivity contribution in [3.05, 3.63) is 104 Å². The van der Waals surface area contributed by atoms with E-state index in [2.05, 4.69) is 0 Å². The molecule has 0 aliphatic rings. The van der Waals surface area contributed by atoms with Crippen LogP contribution in [0.3, 0.4) is 0 Å². The number of fused-ring (bicyclic) bond motifs is 3. The highest BCUT2D eigenvalue weighted by Gasteiger charge is 2.22. The third-order valence-corrected chi connectivity index (χ3v) is 6.74. The van der Waals surface area contributed by atoms with E-state index in [1.807, 2.05) is 24.3 Å². The number of benzene rings is 3. The van der Waals surface area contributed by atoms with Gasteiger partial charge in [0.05, 0.1) is 19.2 Å². The number of hydrogen-bond acceptors (Lipinski definition) is 6. The third-order valence-electron chi connectivity index (χ3n) is 5.45. The van der Waals surface area contributed by atoms with E-state index in [9.17, 15) is 14.7 Å². The van der Waals surface area contributed by atoms with Crippen molar-refractivity contribution in [3.8, 4) is 11.5 Å². The van der Waals surface area contributed by atoms with E-state index in [1.54, 1.807) is 60.2 Å². The second-order valence-corrected chi connectivity index (χ2v) is 9.11. The lowest BCUT2D eigenvalue weighted by Gasteiger charge is -2.14. The van der Waals surface area contributed by atoms with Gasteiger partial charge in [-0.05, 0) is 48.0 Å². The van der Waals surface area contributed by atoms with Crippen LogP contribution in [-0.2, 0) is 6.54 Å². The number of ether oxygens (including phenoxy) is 1. The fourth-order valence-electron chi connectivity index (χ4n) is 3.89. The van der Waals surface area contributed by atoms with E-state index in [0.717, 1.165) is 17.3 Å². The van der Waals surface area contributed by atoms with Gasteiger partial charge in [-0.25, -0.2) is 4.79 Å². The summed E-state index contributed by atoms with van der Waals surface area (Å²) in [6.45, 7) is 0.238. The lowest BCUT2D eigenvalue weighted by Crippen LogP contribution is -2.22. The normalized spacial score (nSPS) is 11.2. The van der Waals surface area contributed by atoms with Crippen LogP contribution >= 0.6 is 23.4 Å². The second-order valence-electron chi connectivity index (χ2n) is 7.59. The number of aromatic nitrogens is 1. The number of halogens is 1. The largest absolute Gasteiger partial charge is 0.505 e. The summed E-state index contributed by atoms with van der Waals surface area (Å²) in [7, 11) is 1.58. The Bertz CT molecular complexity index is 1670. The summed E-state index contributed by atoms with van der Waals surface area (Å²) in [5, 5.41) is 12.1. The minimum atomic E-state index is -0.731. The minimum Gasteiger partial charge on any atom is -0.505 e. The molecule has 0 atom stereocenters. The number of rotatable bonds is 5. The van der Waals surface area contributed by atoms with Gasteiger partial charge >= 0.3 is 5.63 Å². The van der Waals surface area contributed by atoms with Gasteiger partial charge in [-0.1, -0.05) is 53.7 Å². The SMILES string of the molecule is COc1cccc(Cn2c(=O)c3c(O)c(Sc4cccc(Cl)c4)c(=O)oc3c3ccccc32)c1. The summed E-state index contributed by atoms with van der Waals surface area (Å²) in [6, 6.07) is 21.4. The van der Waals surface area contributed by atoms with Crippen LogP contribution in [-0.4, -0.2) is 16.8 Å². The van der Waals surface area contributed by atoms with Crippen LogP contribution in [0.5, 0.6) is 11.5 Å². The molecule has 0 saturated heterocycles. The van der Waals surface area contributed by atoms with Crippen LogP contribution in [0.15, 0.2) is 96.6 Å². The van der Waals surface area contributed by atoms with Crippen LogP contribution in [0.1, 0.15) is 5.56 Å². The summed E-state index contributed by atoms with van der Waals surface area (Å²) in [5.74, 6) is 0.260. The highest BCUT2D eigenvalue weighted by molar-refractivity contribution is 7.99. The van der Waals surface area contributed by atoms with E-state index in [1.165, 1.54) is 0 Å². The zero-order valence-corrected chi connectivity index (χ0v) is 19.5. The fourth-order valence-corrected chi connectivity index (χ4v) is 5.04. The van der Waals surface area contributed by atoms with Crippen LogP contribution < -0.4 is 15.9 Å². The average molecular weight is 492 g/mol. The standard InChI is InChI=1S/C26H18ClNO5S/c1-32-17-8-4-6-15(12-17)14-28-20-11-3-2-10-19(20)23-21(25(28)30)22(29)24(26(31)33-23)34-18-9-5-7-16(27)13-18/h2-13,29H,14H2,1H3. The first kappa shape index (κ1) is 22.1. The molecule has 0 fully saturated rings. The van der Waals surface area contributed by atoms with Crippen LogP contribution in [0.2, 0.25) is 5.02 Å². The first-order valence-corrected chi connectivity index (χ1v) is 11.5. The molecule has 0 aliphatic heterocycles. The van der Waals surface area contributed by atoms with Gasteiger partial charge in [0.1, 0.15) is 16.0 Å². The Balaban J connectivity index is 1.76. The molecule has 0 amide bonds. The smallest absolute Gasteiger partial charge is 0.354 e. The molecule has 6 nitrogen and oxygen atoms in total. The quantitative estimate of drug-likeness (QED) is 0.319. The van der Waals surface area contributed by atoms with Gasteiger partial charge in [-0.15, -0.1) is 0 Å². The molecule has 0 saturated carbocycles. The first-order valence-electron chi connectivity index (χ1n) is 10.3. The molecule has 5 rings (SSSR count). The molecule has 0 spiro atoms. The number of para-hydroxylation sites is 1. The predicted octanol–water partition coefficient (Wildman–Crippen LogP) is 5.68. The Hall–Kier alpha value is -3.68. The van der Waals surface area contributed by atoms with Crippen molar-refractivity contribution in [2.45, 2.75) is 16.3 Å². The Kier molecular flexibility index (Phi) is 5.81. The van der Waals surface area contributed by atoms with Crippen LogP contribution in [0, 0.1) is 0 Å². The van der Waals surface area contributed by atoms with Crippen molar-refractivity contribution in [1.29, 1.82) is 0 Å². The molecule has 1 N–H and O–H groups in total. The molecule has 170 valence electrons. The van der Waals surface area contributed by atoms with E-state index in [0.29, 0.717) is 26.6 Å². The number of nitrogens with zero attached hydrogens (tertiary/aromatic N) is 1. The number of pyridine rings is 1. The van der Waals surface area contributed by atoms with E-state index in [4.69, 9.17) is 20.8 Å². The molecule has 0 unspecified atom stereocenters. The predicted molar refractivity (Wildman–Crippen MR) is 134 cm³/mol. The summed E-state index contributed by atoms with van der Waals surface area (Å²) >= 11 is 7.05. The van der Waals surface area contributed by atoms with Gasteiger partial charge in [0.25, 0.3) is 5.56 Å². The Morgan fingerprint density at radius 3 is 2.62 bits per heavy atom. The highest BCUT2D eigenvalue weighted by atomic mass is 35.5. The van der Waals surface area contributed by atoms with E-state index in [-0.39, 0.29) is 22.4 Å². The van der Waals surface area contributed by atoms with Crippen molar-refractivity contribution in [2.75, 3.05) is 7.11 Å². The molecule has 5 aromatic rings. The summed E-state index contributed by atoms with van der Waals surface area (Å²) in [4.78, 5) is 27.1. The maximum Gasteiger partial charge on any atom is 0.354 e. The van der Waals surface area contributed by atoms with Gasteiger partial charge in [-0.2, -0.15) is 0 Å². The van der Waals surface area contributed by atoms with Gasteiger partial charge in [0.15, 0.2) is 11.3 Å². The molecular weight excluding hydrogens is 474 g/mol. The molecule has 2 heterocycles. The van der Waals surface area contributed by atoms with E-state index < -0.39 is 16.9 Å². The maximum atomic E-state index is 13.7. The zero-order chi connectivity index (χ0) is 23.8. The maximum absolute atomic E-state index is 13.7. The van der Waals surface area contributed by atoms with Gasteiger partial charge in [0.2, 0.25) is 0 Å². The molecule has 8 heteroatoms. The highest BCUT2D eigenvalue weighted by Crippen LogP contribution is 2.37. The average Bonchev–Trinajstić information content (AvgIpc) is 2.84. The van der Waals surface area contributed by atoms with Gasteiger partial charge in [-0.3, -0.25) is 4.79 Å². The molecule has 34 heavy (non-hydrogen) atoms. The Morgan fingerprint density at radius 2 is 1.82 bits per heavy atom. The van der Waals surface area contributed by atoms with Gasteiger partial charge in [0, 0.05) is 15.3 Å². The minimum absolute atomic E-state index is 0.0503. The molecular formula is C26H18ClNO5S. The Labute approximate surface area is 203 Å². The van der Waals surface area contributed by atoms with Crippen LogP contribution in [0.25, 0.3) is 21.9 Å². The summed E-state index contributed by atoms with van der Waals surface area (Å²) < 4.78 is 12.5. The lowest BCUT2D eigenvalue weighted by atomic mass is 10.1. The number of aromatic hydroxyl groups is 1. The van der Waals surface area contributed by atoms with Crippen molar-refractivity contribution in [3.63, 3.8) is 0 Å². The van der Waals surface area contributed by atoms with E-state index >= 15 is 0 Å². The monoisotopic (exact) mass is 491 g/mol. The van der Waals surface area contributed by atoms with Crippen molar-refractivity contribution in [1.82, 2.24) is 4.57 Å². The number of methoxy groups -OCH3 is 1. The first-order chi connectivity index (χ1) is 16.5. The zero-order valence-electron chi connectivity index (χ0n) is 17.9. The van der Waals surface area contributed by atoms with Crippen molar-refractivity contribution < 1.29 is 14.3 Å². The fraction of sp³-hybridized carbons (Fsp3) is 0.0769. The third kappa shape index (κ3) is 3.93. The molecule has 0 aliphatic carbocycles.